The third-order valence-electron chi connectivity index (χ3n) is 2.61. The van der Waals surface area contributed by atoms with E-state index in [1.807, 2.05) is 48.6 Å². The highest BCUT2D eigenvalue weighted by Crippen LogP contribution is 2.24. The van der Waals surface area contributed by atoms with Crippen molar-refractivity contribution < 1.29 is 9.47 Å². The van der Waals surface area contributed by atoms with Crippen LogP contribution in [0.4, 0.5) is 0 Å². The van der Waals surface area contributed by atoms with E-state index < -0.39 is 0 Å². The van der Waals surface area contributed by atoms with Crippen LogP contribution in [0.5, 0.6) is 0 Å². The minimum Gasteiger partial charge on any atom is -0.501 e. The summed E-state index contributed by atoms with van der Waals surface area (Å²) < 4.78 is 11.9. The van der Waals surface area contributed by atoms with Gasteiger partial charge in [-0.3, -0.25) is 0 Å². The van der Waals surface area contributed by atoms with Crippen LogP contribution in [0.3, 0.4) is 0 Å². The van der Waals surface area contributed by atoms with E-state index in [0.717, 1.165) is 28.0 Å². The number of rotatable bonds is 4. The molecule has 0 spiro atoms. The van der Waals surface area contributed by atoms with E-state index in [0.29, 0.717) is 6.61 Å². The second-order valence-corrected chi connectivity index (χ2v) is 4.76. The molecule has 0 bridgehead atoms. The van der Waals surface area contributed by atoms with E-state index in [-0.39, 0.29) is 0 Å². The van der Waals surface area contributed by atoms with Gasteiger partial charge in [-0.1, -0.05) is 36.4 Å². The first kappa shape index (κ1) is 13.0. The first-order valence-corrected chi connectivity index (χ1v) is 6.56. The molecule has 0 aliphatic heterocycles. The first-order valence-electron chi connectivity index (χ1n) is 5.77. The number of hydrogen-bond donors (Lipinski definition) is 0. The van der Waals surface area contributed by atoms with Crippen LogP contribution in [-0.4, -0.2) is 7.11 Å². The lowest BCUT2D eigenvalue weighted by molar-refractivity contribution is 0.210. The van der Waals surface area contributed by atoms with Crippen LogP contribution in [0.1, 0.15) is 12.0 Å². The average Bonchev–Trinajstić information content (AvgIpc) is 2.59. The molecule has 0 heterocycles. The number of allylic oxidation sites excluding steroid dienone is 4. The summed E-state index contributed by atoms with van der Waals surface area (Å²) in [5.74, 6) is 1.74. The summed E-state index contributed by atoms with van der Waals surface area (Å²) in [5, 5.41) is 0. The van der Waals surface area contributed by atoms with Crippen LogP contribution >= 0.6 is 15.9 Å². The van der Waals surface area contributed by atoms with Gasteiger partial charge in [0.15, 0.2) is 0 Å². The highest BCUT2D eigenvalue weighted by atomic mass is 79.9. The second-order valence-electron chi connectivity index (χ2n) is 3.91. The molecule has 0 fully saturated rings. The van der Waals surface area contributed by atoms with Crippen LogP contribution in [0, 0.1) is 0 Å². The zero-order valence-electron chi connectivity index (χ0n) is 10.2. The topological polar surface area (TPSA) is 18.5 Å². The minimum atomic E-state index is 0.561. The van der Waals surface area contributed by atoms with Gasteiger partial charge in [-0.2, -0.15) is 0 Å². The van der Waals surface area contributed by atoms with Crippen LogP contribution < -0.4 is 0 Å². The summed E-state index contributed by atoms with van der Waals surface area (Å²) in [7, 11) is 1.68. The standard InChI is InChI=1S/C15H15BrO2/c1-17-13-8-5-9-15(14(16)10-13)18-11-12-6-3-2-4-7-12/h2-7,9-10H,8,11H2,1H3. The largest absolute Gasteiger partial charge is 0.501 e. The Morgan fingerprint density at radius 2 is 2.00 bits per heavy atom. The Morgan fingerprint density at radius 1 is 1.22 bits per heavy atom. The summed E-state index contributed by atoms with van der Waals surface area (Å²) in [4.78, 5) is 0. The van der Waals surface area contributed by atoms with Gasteiger partial charge in [-0.15, -0.1) is 0 Å². The molecule has 1 aromatic carbocycles. The average molecular weight is 307 g/mol. The molecule has 2 nitrogen and oxygen atoms in total. The molecule has 18 heavy (non-hydrogen) atoms. The van der Waals surface area contributed by atoms with Crippen molar-refractivity contribution in [2.75, 3.05) is 7.11 Å². The van der Waals surface area contributed by atoms with Crippen molar-refractivity contribution in [1.82, 2.24) is 0 Å². The minimum absolute atomic E-state index is 0.561. The molecule has 0 saturated carbocycles. The Balaban J connectivity index is 2.06. The van der Waals surface area contributed by atoms with Gasteiger partial charge in [0.05, 0.1) is 11.6 Å². The molecule has 94 valence electrons. The third-order valence-corrected chi connectivity index (χ3v) is 3.23. The smallest absolute Gasteiger partial charge is 0.133 e. The number of methoxy groups -OCH3 is 1. The molecule has 1 aliphatic rings. The number of benzene rings is 1. The summed E-state index contributed by atoms with van der Waals surface area (Å²) in [6.07, 6.45) is 6.73. The van der Waals surface area contributed by atoms with Gasteiger partial charge in [0.25, 0.3) is 0 Å². The Hall–Kier alpha value is -1.48. The van der Waals surface area contributed by atoms with Gasteiger partial charge in [0.2, 0.25) is 0 Å². The van der Waals surface area contributed by atoms with Crippen molar-refractivity contribution in [3.05, 3.63) is 70.1 Å². The van der Waals surface area contributed by atoms with Crippen molar-refractivity contribution in [2.45, 2.75) is 13.0 Å². The van der Waals surface area contributed by atoms with Gasteiger partial charge in [-0.05, 0) is 33.6 Å². The van der Waals surface area contributed by atoms with Crippen molar-refractivity contribution in [2.24, 2.45) is 0 Å². The first-order chi connectivity index (χ1) is 8.79. The van der Waals surface area contributed by atoms with Crippen LogP contribution in [-0.2, 0) is 16.1 Å². The molecule has 0 N–H and O–H groups in total. The molecule has 3 heteroatoms. The maximum Gasteiger partial charge on any atom is 0.133 e. The highest BCUT2D eigenvalue weighted by Gasteiger charge is 2.07. The van der Waals surface area contributed by atoms with Gasteiger partial charge in [0.1, 0.15) is 18.1 Å². The summed E-state index contributed by atoms with van der Waals surface area (Å²) >= 11 is 3.51. The van der Waals surface area contributed by atoms with Crippen LogP contribution in [0.15, 0.2) is 64.6 Å². The molecule has 0 aromatic heterocycles. The lowest BCUT2D eigenvalue weighted by atomic mass is 10.2. The molecular weight excluding hydrogens is 292 g/mol. The number of ether oxygens (including phenoxy) is 2. The van der Waals surface area contributed by atoms with Crippen LogP contribution in [0.2, 0.25) is 0 Å². The lowest BCUT2D eigenvalue weighted by Gasteiger charge is -2.08. The van der Waals surface area contributed by atoms with Gasteiger partial charge >= 0.3 is 0 Å². The Labute approximate surface area is 116 Å². The third kappa shape index (κ3) is 3.50. The van der Waals surface area contributed by atoms with E-state index >= 15 is 0 Å². The van der Waals surface area contributed by atoms with E-state index in [4.69, 9.17) is 9.47 Å². The summed E-state index contributed by atoms with van der Waals surface area (Å²) in [6.45, 7) is 0.561. The molecule has 1 aromatic rings. The highest BCUT2D eigenvalue weighted by molar-refractivity contribution is 9.11. The van der Waals surface area contributed by atoms with E-state index in [1.54, 1.807) is 7.11 Å². The molecular formula is C15H15BrO2. The number of hydrogen-bond acceptors (Lipinski definition) is 2. The quantitative estimate of drug-likeness (QED) is 0.825. The zero-order valence-corrected chi connectivity index (χ0v) is 11.8. The molecule has 0 radical (unpaired) electrons. The van der Waals surface area contributed by atoms with Crippen molar-refractivity contribution >= 4 is 15.9 Å². The van der Waals surface area contributed by atoms with Crippen molar-refractivity contribution in [3.63, 3.8) is 0 Å². The van der Waals surface area contributed by atoms with Crippen LogP contribution in [0.25, 0.3) is 0 Å². The predicted molar refractivity (Wildman–Crippen MR) is 76.0 cm³/mol. The monoisotopic (exact) mass is 306 g/mol. The fraction of sp³-hybridized carbons (Fsp3) is 0.200. The van der Waals surface area contributed by atoms with Gasteiger partial charge in [-0.25, -0.2) is 0 Å². The van der Waals surface area contributed by atoms with E-state index in [9.17, 15) is 0 Å². The van der Waals surface area contributed by atoms with E-state index in [1.165, 1.54) is 0 Å². The Kier molecular flexibility index (Phi) is 4.65. The fourth-order valence-corrected chi connectivity index (χ4v) is 2.13. The molecule has 2 rings (SSSR count). The molecule has 1 aliphatic carbocycles. The number of halogens is 1. The molecule has 0 amide bonds. The second kappa shape index (κ2) is 6.45. The SMILES string of the molecule is COC1=CC(Br)=C(OCc2ccccc2)C=CC1. The fourth-order valence-electron chi connectivity index (χ4n) is 1.63. The maximum absolute atomic E-state index is 5.80. The molecule has 0 atom stereocenters. The Morgan fingerprint density at radius 3 is 2.72 bits per heavy atom. The summed E-state index contributed by atoms with van der Waals surface area (Å²) in [6, 6.07) is 10.1. The zero-order chi connectivity index (χ0) is 12.8. The maximum atomic E-state index is 5.80. The molecule has 0 unspecified atom stereocenters. The van der Waals surface area contributed by atoms with Crippen molar-refractivity contribution in [1.29, 1.82) is 0 Å². The Bertz CT molecular complexity index is 486. The van der Waals surface area contributed by atoms with E-state index in [2.05, 4.69) is 15.9 Å². The van der Waals surface area contributed by atoms with Crippen molar-refractivity contribution in [3.8, 4) is 0 Å². The lowest BCUT2D eigenvalue weighted by Crippen LogP contribution is -1.92. The normalized spacial score (nSPS) is 15.1. The molecule has 0 saturated heterocycles. The summed E-state index contributed by atoms with van der Waals surface area (Å²) in [5.41, 5.74) is 1.15. The van der Waals surface area contributed by atoms with Gasteiger partial charge < -0.3 is 9.47 Å². The predicted octanol–water partition coefficient (Wildman–Crippen LogP) is 4.30. The van der Waals surface area contributed by atoms with Gasteiger partial charge in [0, 0.05) is 6.42 Å².